The maximum Gasteiger partial charge on any atom is 0.124 e. The zero-order chi connectivity index (χ0) is 14.7. The lowest BCUT2D eigenvalue weighted by molar-refractivity contribution is 0.474. The van der Waals surface area contributed by atoms with Gasteiger partial charge in [0.2, 0.25) is 0 Å². The summed E-state index contributed by atoms with van der Waals surface area (Å²) >= 11 is 0. The Labute approximate surface area is 126 Å². The molecule has 0 atom stereocenters. The number of rotatable bonds is 3. The van der Waals surface area contributed by atoms with Gasteiger partial charge < -0.3 is 5.11 Å². The minimum atomic E-state index is 0.279. The van der Waals surface area contributed by atoms with E-state index in [1.165, 1.54) is 31.2 Å². The van der Waals surface area contributed by atoms with Crippen LogP contribution in [-0.2, 0) is 0 Å². The number of nitrogens with zero attached hydrogens (tertiary/aromatic N) is 1. The number of hydrogen-bond acceptors (Lipinski definition) is 2. The molecule has 108 valence electrons. The van der Waals surface area contributed by atoms with Crippen molar-refractivity contribution in [3.63, 3.8) is 0 Å². The van der Waals surface area contributed by atoms with Crippen molar-refractivity contribution in [3.05, 3.63) is 59.2 Å². The summed E-state index contributed by atoms with van der Waals surface area (Å²) in [6, 6.07) is 14.1. The van der Waals surface area contributed by atoms with Crippen molar-refractivity contribution in [3.8, 4) is 5.75 Å². The molecule has 1 N–H and O–H groups in total. The van der Waals surface area contributed by atoms with E-state index in [1.807, 2.05) is 19.1 Å². The standard InChI is InChI=1S/C19H21NO/c1-14-6-7-17(19(21)12-14)13-20-18-10-8-16(9-11-18)15-4-2-3-5-15/h6-13,15,21H,2-5H2,1H3. The molecule has 0 radical (unpaired) electrons. The molecule has 2 aromatic rings. The Hall–Kier alpha value is -2.09. The van der Waals surface area contributed by atoms with Gasteiger partial charge in [0.05, 0.1) is 5.69 Å². The Morgan fingerprint density at radius 3 is 2.43 bits per heavy atom. The minimum Gasteiger partial charge on any atom is -0.507 e. The molecule has 1 aliphatic carbocycles. The molecule has 0 saturated heterocycles. The first kappa shape index (κ1) is 13.9. The van der Waals surface area contributed by atoms with E-state index in [9.17, 15) is 5.11 Å². The summed E-state index contributed by atoms with van der Waals surface area (Å²) in [5.41, 5.74) is 4.16. The molecule has 0 spiro atoms. The molecule has 0 aromatic heterocycles. The largest absolute Gasteiger partial charge is 0.507 e. The average molecular weight is 279 g/mol. The lowest BCUT2D eigenvalue weighted by Crippen LogP contribution is -1.90. The first-order valence-electron chi connectivity index (χ1n) is 7.66. The molecule has 3 rings (SSSR count). The predicted octanol–water partition coefficient (Wildman–Crippen LogP) is 5.11. The van der Waals surface area contributed by atoms with E-state index in [-0.39, 0.29) is 5.75 Å². The highest BCUT2D eigenvalue weighted by atomic mass is 16.3. The van der Waals surface area contributed by atoms with Crippen LogP contribution in [0.4, 0.5) is 5.69 Å². The van der Waals surface area contributed by atoms with Gasteiger partial charge >= 0.3 is 0 Å². The highest BCUT2D eigenvalue weighted by Crippen LogP contribution is 2.34. The van der Waals surface area contributed by atoms with Crippen molar-refractivity contribution < 1.29 is 5.11 Å². The van der Waals surface area contributed by atoms with Crippen molar-refractivity contribution in [2.45, 2.75) is 38.5 Å². The number of benzene rings is 2. The van der Waals surface area contributed by atoms with E-state index >= 15 is 0 Å². The summed E-state index contributed by atoms with van der Waals surface area (Å²) in [6.07, 6.45) is 7.08. The van der Waals surface area contributed by atoms with Gasteiger partial charge in [0, 0.05) is 11.8 Å². The van der Waals surface area contributed by atoms with Gasteiger partial charge in [-0.1, -0.05) is 31.0 Å². The third-order valence-corrected chi connectivity index (χ3v) is 4.26. The molecular formula is C19H21NO. The van der Waals surface area contributed by atoms with Crippen LogP contribution in [0, 0.1) is 6.92 Å². The van der Waals surface area contributed by atoms with Crippen LogP contribution in [0.25, 0.3) is 0 Å². The molecule has 2 heteroatoms. The van der Waals surface area contributed by atoms with Crippen molar-refractivity contribution in [1.29, 1.82) is 0 Å². The monoisotopic (exact) mass is 279 g/mol. The van der Waals surface area contributed by atoms with Crippen LogP contribution in [0.5, 0.6) is 5.75 Å². The van der Waals surface area contributed by atoms with Gasteiger partial charge in [-0.2, -0.15) is 0 Å². The fraction of sp³-hybridized carbons (Fsp3) is 0.316. The molecule has 0 heterocycles. The van der Waals surface area contributed by atoms with E-state index in [2.05, 4.69) is 29.3 Å². The lowest BCUT2D eigenvalue weighted by Gasteiger charge is -2.08. The Morgan fingerprint density at radius 2 is 1.76 bits per heavy atom. The highest BCUT2D eigenvalue weighted by Gasteiger charge is 2.16. The molecule has 2 aromatic carbocycles. The third kappa shape index (κ3) is 3.33. The van der Waals surface area contributed by atoms with Gasteiger partial charge in [-0.05, 0) is 61.1 Å². The molecule has 1 aliphatic rings. The second kappa shape index (κ2) is 6.13. The second-order valence-electron chi connectivity index (χ2n) is 5.89. The number of phenolic OH excluding ortho intramolecular Hbond substituents is 1. The Bertz CT molecular complexity index is 637. The van der Waals surface area contributed by atoms with Crippen LogP contribution in [0.2, 0.25) is 0 Å². The molecule has 1 saturated carbocycles. The van der Waals surface area contributed by atoms with Crippen LogP contribution in [0.3, 0.4) is 0 Å². The molecular weight excluding hydrogens is 258 g/mol. The Balaban J connectivity index is 1.73. The van der Waals surface area contributed by atoms with Crippen molar-refractivity contribution in [2.24, 2.45) is 4.99 Å². The number of aliphatic imine (C=N–C) groups is 1. The van der Waals surface area contributed by atoms with Crippen LogP contribution >= 0.6 is 0 Å². The lowest BCUT2D eigenvalue weighted by atomic mass is 9.98. The normalized spacial score (nSPS) is 15.9. The zero-order valence-electron chi connectivity index (χ0n) is 12.4. The molecule has 0 bridgehead atoms. The van der Waals surface area contributed by atoms with Crippen molar-refractivity contribution in [1.82, 2.24) is 0 Å². The zero-order valence-corrected chi connectivity index (χ0v) is 12.4. The Morgan fingerprint density at radius 1 is 1.05 bits per heavy atom. The first-order chi connectivity index (χ1) is 10.2. The molecule has 2 nitrogen and oxygen atoms in total. The summed E-state index contributed by atoms with van der Waals surface area (Å²) < 4.78 is 0. The van der Waals surface area contributed by atoms with E-state index in [0.29, 0.717) is 0 Å². The van der Waals surface area contributed by atoms with E-state index in [4.69, 9.17) is 0 Å². The molecule has 0 amide bonds. The second-order valence-corrected chi connectivity index (χ2v) is 5.89. The van der Waals surface area contributed by atoms with Crippen LogP contribution in [0.15, 0.2) is 47.5 Å². The highest BCUT2D eigenvalue weighted by molar-refractivity contribution is 5.85. The first-order valence-corrected chi connectivity index (χ1v) is 7.66. The smallest absolute Gasteiger partial charge is 0.124 e. The average Bonchev–Trinajstić information content (AvgIpc) is 3.01. The summed E-state index contributed by atoms with van der Waals surface area (Å²) in [5.74, 6) is 1.02. The molecule has 1 fully saturated rings. The van der Waals surface area contributed by atoms with E-state index in [0.717, 1.165) is 22.7 Å². The summed E-state index contributed by atoms with van der Waals surface area (Å²) in [5, 5.41) is 9.87. The molecule has 0 aliphatic heterocycles. The van der Waals surface area contributed by atoms with Crippen molar-refractivity contribution in [2.75, 3.05) is 0 Å². The number of aromatic hydroxyl groups is 1. The summed E-state index contributed by atoms with van der Waals surface area (Å²) in [4.78, 5) is 4.45. The van der Waals surface area contributed by atoms with Gasteiger partial charge in [0.1, 0.15) is 5.75 Å². The summed E-state index contributed by atoms with van der Waals surface area (Å²) in [6.45, 7) is 1.96. The van der Waals surface area contributed by atoms with Gasteiger partial charge in [-0.15, -0.1) is 0 Å². The SMILES string of the molecule is Cc1ccc(C=Nc2ccc(C3CCCC3)cc2)c(O)c1. The van der Waals surface area contributed by atoms with Gasteiger partial charge in [-0.25, -0.2) is 0 Å². The quantitative estimate of drug-likeness (QED) is 0.778. The molecule has 0 unspecified atom stereocenters. The number of phenols is 1. The van der Waals surface area contributed by atoms with Crippen LogP contribution in [-0.4, -0.2) is 11.3 Å². The maximum atomic E-state index is 9.87. The third-order valence-electron chi connectivity index (χ3n) is 4.26. The van der Waals surface area contributed by atoms with Crippen LogP contribution < -0.4 is 0 Å². The maximum absolute atomic E-state index is 9.87. The predicted molar refractivity (Wildman–Crippen MR) is 87.7 cm³/mol. The number of aryl methyl sites for hydroxylation is 1. The summed E-state index contributed by atoms with van der Waals surface area (Å²) in [7, 11) is 0. The topological polar surface area (TPSA) is 32.6 Å². The van der Waals surface area contributed by atoms with E-state index in [1.54, 1.807) is 12.3 Å². The Kier molecular flexibility index (Phi) is 4.05. The van der Waals surface area contributed by atoms with Gasteiger partial charge in [0.25, 0.3) is 0 Å². The molecule has 21 heavy (non-hydrogen) atoms. The fourth-order valence-corrected chi connectivity index (χ4v) is 3.00. The number of hydrogen-bond donors (Lipinski definition) is 1. The van der Waals surface area contributed by atoms with Gasteiger partial charge in [-0.3, -0.25) is 4.99 Å². The van der Waals surface area contributed by atoms with Crippen LogP contribution in [0.1, 0.15) is 48.3 Å². The van der Waals surface area contributed by atoms with E-state index < -0.39 is 0 Å². The van der Waals surface area contributed by atoms with Crippen molar-refractivity contribution >= 4 is 11.9 Å². The van der Waals surface area contributed by atoms with Gasteiger partial charge in [0.15, 0.2) is 0 Å². The fourth-order valence-electron chi connectivity index (χ4n) is 3.00. The minimum absolute atomic E-state index is 0.279.